The number of nitrogens with one attached hydrogen (secondary N) is 1. The molecule has 1 amide bonds. The zero-order valence-corrected chi connectivity index (χ0v) is 15.1. The molecule has 1 atom stereocenters. The maximum atomic E-state index is 13.1. The number of rotatable bonds is 9. The lowest BCUT2D eigenvalue weighted by Crippen LogP contribution is -2.47. The van der Waals surface area contributed by atoms with E-state index in [2.05, 4.69) is 10.6 Å². The third-order valence-electron chi connectivity index (χ3n) is 3.41. The molecule has 0 radical (unpaired) electrons. The lowest BCUT2D eigenvalue weighted by atomic mass is 10.1. The van der Waals surface area contributed by atoms with Crippen molar-refractivity contribution in [3.05, 3.63) is 40.4 Å². The second-order valence-electron chi connectivity index (χ2n) is 5.45. The van der Waals surface area contributed by atoms with Crippen molar-refractivity contribution in [3.63, 3.8) is 0 Å². The Hall–Kier alpha value is -2.00. The van der Waals surface area contributed by atoms with E-state index in [1.807, 2.05) is 0 Å². The first-order valence-corrected chi connectivity index (χ1v) is 7.64. The minimum absolute atomic E-state index is 0.204. The Balaban J connectivity index is 5.59. The number of alkyl halides is 3. The molecule has 0 aromatic rings. The van der Waals surface area contributed by atoms with E-state index in [1.165, 1.54) is 37.2 Å². The SMILES string of the molecule is CC\C(=C/C=C(/C=C/C(N(C)NC)C(F)(F)F)CN=O)C(=O)N(C)C. The monoisotopic (exact) mass is 362 g/mol. The van der Waals surface area contributed by atoms with Gasteiger partial charge in [-0.25, -0.2) is 5.01 Å². The molecule has 0 saturated carbocycles. The summed E-state index contributed by atoms with van der Waals surface area (Å²) in [6.07, 6.45) is 1.02. The Bertz CT molecular complexity index is 540. The van der Waals surface area contributed by atoms with E-state index in [4.69, 9.17) is 0 Å². The fourth-order valence-corrected chi connectivity index (χ4v) is 1.88. The van der Waals surface area contributed by atoms with Crippen molar-refractivity contribution in [2.75, 3.05) is 34.7 Å². The average molecular weight is 362 g/mol. The molecule has 25 heavy (non-hydrogen) atoms. The molecule has 0 fully saturated rings. The normalized spacial score (nSPS) is 14.9. The molecule has 0 aromatic carbocycles. The topological polar surface area (TPSA) is 65.0 Å². The number of hydrogen-bond donors (Lipinski definition) is 1. The highest BCUT2D eigenvalue weighted by Gasteiger charge is 2.40. The van der Waals surface area contributed by atoms with Gasteiger partial charge in [-0.15, -0.1) is 0 Å². The van der Waals surface area contributed by atoms with Gasteiger partial charge < -0.3 is 4.90 Å². The summed E-state index contributed by atoms with van der Waals surface area (Å²) in [5, 5.41) is 3.61. The summed E-state index contributed by atoms with van der Waals surface area (Å²) >= 11 is 0. The van der Waals surface area contributed by atoms with Gasteiger partial charge in [0, 0.05) is 26.7 Å². The zero-order chi connectivity index (χ0) is 19.6. The maximum Gasteiger partial charge on any atom is 0.408 e. The van der Waals surface area contributed by atoms with Crippen LogP contribution in [0.2, 0.25) is 0 Å². The largest absolute Gasteiger partial charge is 0.408 e. The summed E-state index contributed by atoms with van der Waals surface area (Å²) in [7, 11) is 5.84. The minimum Gasteiger partial charge on any atom is -0.345 e. The second-order valence-corrected chi connectivity index (χ2v) is 5.45. The van der Waals surface area contributed by atoms with Crippen molar-refractivity contribution < 1.29 is 18.0 Å². The Kier molecular flexibility index (Phi) is 9.92. The Morgan fingerprint density at radius 3 is 2.24 bits per heavy atom. The third kappa shape index (κ3) is 8.08. The number of carbonyl (C=O) groups is 1. The fraction of sp³-hybridized carbons (Fsp3) is 0.562. The van der Waals surface area contributed by atoms with Crippen LogP contribution in [0.15, 0.2) is 40.6 Å². The van der Waals surface area contributed by atoms with Crippen molar-refractivity contribution in [1.82, 2.24) is 15.3 Å². The van der Waals surface area contributed by atoms with Crippen LogP contribution in [0, 0.1) is 4.91 Å². The maximum absolute atomic E-state index is 13.1. The molecule has 0 rings (SSSR count). The van der Waals surface area contributed by atoms with E-state index >= 15 is 0 Å². The standard InChI is InChI=1S/C16H25F3N4O2/c1-6-13(15(24)22(3)4)9-7-12(11-21-25)8-10-14(16(17,18)19)23(5)20-2/h7-10,14,20H,6,11H2,1-5H3/b10-8+,12-7-,13-9+. The number of hydrazine groups is 1. The van der Waals surface area contributed by atoms with Crippen LogP contribution in [-0.2, 0) is 4.79 Å². The quantitative estimate of drug-likeness (QED) is 0.296. The van der Waals surface area contributed by atoms with Gasteiger partial charge in [0.25, 0.3) is 0 Å². The molecular formula is C16H25F3N4O2. The molecule has 0 bridgehead atoms. The number of carbonyl (C=O) groups excluding carboxylic acids is 1. The highest BCUT2D eigenvalue weighted by molar-refractivity contribution is 5.93. The molecule has 0 saturated heterocycles. The van der Waals surface area contributed by atoms with Crippen LogP contribution in [0.3, 0.4) is 0 Å². The van der Waals surface area contributed by atoms with Gasteiger partial charge in [0.2, 0.25) is 5.91 Å². The van der Waals surface area contributed by atoms with Gasteiger partial charge in [-0.1, -0.05) is 36.4 Å². The lowest BCUT2D eigenvalue weighted by Gasteiger charge is -2.26. The molecule has 0 aromatic heterocycles. The van der Waals surface area contributed by atoms with E-state index in [0.29, 0.717) is 12.0 Å². The van der Waals surface area contributed by atoms with Crippen LogP contribution in [-0.4, -0.2) is 62.8 Å². The fourth-order valence-electron chi connectivity index (χ4n) is 1.88. The number of hydrogen-bond acceptors (Lipinski definition) is 5. The van der Waals surface area contributed by atoms with Gasteiger partial charge in [0.15, 0.2) is 0 Å². The van der Waals surface area contributed by atoms with E-state index in [1.54, 1.807) is 21.0 Å². The lowest BCUT2D eigenvalue weighted by molar-refractivity contribution is -0.172. The molecule has 0 spiro atoms. The van der Waals surface area contributed by atoms with Gasteiger partial charge in [-0.3, -0.25) is 10.2 Å². The zero-order valence-electron chi connectivity index (χ0n) is 15.1. The molecule has 0 aliphatic rings. The number of allylic oxidation sites excluding steroid dienone is 2. The Morgan fingerprint density at radius 1 is 1.24 bits per heavy atom. The number of amides is 1. The highest BCUT2D eigenvalue weighted by atomic mass is 19.4. The number of nitroso groups, excluding NO2 is 1. The molecule has 0 aliphatic heterocycles. The molecule has 0 heterocycles. The van der Waals surface area contributed by atoms with Crippen LogP contribution in [0.5, 0.6) is 0 Å². The van der Waals surface area contributed by atoms with Crippen LogP contribution in [0.25, 0.3) is 0 Å². The third-order valence-corrected chi connectivity index (χ3v) is 3.41. The first-order valence-electron chi connectivity index (χ1n) is 7.64. The van der Waals surface area contributed by atoms with Crippen molar-refractivity contribution >= 4 is 5.91 Å². The van der Waals surface area contributed by atoms with Crippen LogP contribution >= 0.6 is 0 Å². The smallest absolute Gasteiger partial charge is 0.345 e. The highest BCUT2D eigenvalue weighted by Crippen LogP contribution is 2.24. The van der Waals surface area contributed by atoms with E-state index in [9.17, 15) is 22.9 Å². The van der Waals surface area contributed by atoms with Gasteiger partial charge in [0.1, 0.15) is 12.6 Å². The van der Waals surface area contributed by atoms with Gasteiger partial charge in [-0.05, 0) is 19.0 Å². The van der Waals surface area contributed by atoms with E-state index in [0.717, 1.165) is 11.1 Å². The van der Waals surface area contributed by atoms with Gasteiger partial charge >= 0.3 is 6.18 Å². The van der Waals surface area contributed by atoms with Gasteiger partial charge in [-0.2, -0.15) is 18.1 Å². The molecule has 1 unspecified atom stereocenters. The Labute approximate surface area is 146 Å². The molecule has 1 N–H and O–H groups in total. The summed E-state index contributed by atoms with van der Waals surface area (Å²) in [5.74, 6) is -0.204. The number of halogens is 3. The Morgan fingerprint density at radius 2 is 1.84 bits per heavy atom. The predicted molar refractivity (Wildman–Crippen MR) is 91.6 cm³/mol. The second kappa shape index (κ2) is 10.8. The summed E-state index contributed by atoms with van der Waals surface area (Å²) in [5.41, 5.74) is 3.15. The summed E-state index contributed by atoms with van der Waals surface area (Å²) < 4.78 is 39.2. The summed E-state index contributed by atoms with van der Waals surface area (Å²) in [6, 6.07) is -1.87. The van der Waals surface area contributed by atoms with Crippen molar-refractivity contribution in [2.24, 2.45) is 5.18 Å². The molecule has 142 valence electrons. The molecule has 0 aliphatic carbocycles. The van der Waals surface area contributed by atoms with Crippen molar-refractivity contribution in [2.45, 2.75) is 25.6 Å². The molecule has 6 nitrogen and oxygen atoms in total. The van der Waals surface area contributed by atoms with Crippen LogP contribution < -0.4 is 5.43 Å². The molecule has 9 heteroatoms. The van der Waals surface area contributed by atoms with Crippen LogP contribution in [0.1, 0.15) is 13.3 Å². The predicted octanol–water partition coefficient (Wildman–Crippen LogP) is 2.66. The summed E-state index contributed by atoms with van der Waals surface area (Å²) in [6.45, 7) is 1.49. The average Bonchev–Trinajstić information content (AvgIpc) is 2.53. The minimum atomic E-state index is -4.49. The van der Waals surface area contributed by atoms with Crippen molar-refractivity contribution in [3.8, 4) is 0 Å². The molecular weight excluding hydrogens is 337 g/mol. The van der Waals surface area contributed by atoms with Crippen molar-refractivity contribution in [1.29, 1.82) is 0 Å². The number of likely N-dealkylation sites (N-methyl/N-ethyl adjacent to an activating group) is 2. The number of nitrogens with zero attached hydrogens (tertiary/aromatic N) is 3. The van der Waals surface area contributed by atoms with Gasteiger partial charge in [0.05, 0.1) is 0 Å². The first kappa shape index (κ1) is 23.0. The first-order chi connectivity index (χ1) is 11.6. The van der Waals surface area contributed by atoms with E-state index in [-0.39, 0.29) is 18.0 Å². The van der Waals surface area contributed by atoms with Crippen LogP contribution in [0.4, 0.5) is 13.2 Å². The summed E-state index contributed by atoms with van der Waals surface area (Å²) in [4.78, 5) is 23.9. The van der Waals surface area contributed by atoms with E-state index < -0.39 is 12.2 Å².